The van der Waals surface area contributed by atoms with Crippen molar-refractivity contribution < 1.29 is 9.53 Å². The molecule has 6 heteroatoms. The van der Waals surface area contributed by atoms with Gasteiger partial charge in [0, 0.05) is 24.0 Å². The van der Waals surface area contributed by atoms with Crippen molar-refractivity contribution in [2.24, 2.45) is 0 Å². The van der Waals surface area contributed by atoms with Crippen LogP contribution in [0, 0.1) is 0 Å². The first kappa shape index (κ1) is 16.6. The van der Waals surface area contributed by atoms with Gasteiger partial charge in [-0.2, -0.15) is 0 Å². The van der Waals surface area contributed by atoms with Crippen LogP contribution in [0.1, 0.15) is 42.5 Å². The highest BCUT2D eigenvalue weighted by Gasteiger charge is 2.20. The SMILES string of the molecule is COC(=O)c1ccc(-c2nc3cnccn3c2NC2CCCCC2)cc1. The van der Waals surface area contributed by atoms with E-state index in [1.807, 2.05) is 22.7 Å². The molecule has 134 valence electrons. The Hall–Kier alpha value is -2.89. The molecular weight excluding hydrogens is 328 g/mol. The number of nitrogens with one attached hydrogen (secondary N) is 1. The summed E-state index contributed by atoms with van der Waals surface area (Å²) in [4.78, 5) is 20.6. The normalized spacial score (nSPS) is 15.1. The van der Waals surface area contributed by atoms with E-state index in [1.165, 1.54) is 39.2 Å². The lowest BCUT2D eigenvalue weighted by atomic mass is 9.95. The van der Waals surface area contributed by atoms with Gasteiger partial charge in [-0.05, 0) is 25.0 Å². The summed E-state index contributed by atoms with van der Waals surface area (Å²) < 4.78 is 6.82. The third-order valence-corrected chi connectivity index (χ3v) is 4.96. The van der Waals surface area contributed by atoms with Crippen LogP contribution in [0.15, 0.2) is 42.9 Å². The summed E-state index contributed by atoms with van der Waals surface area (Å²) in [6.45, 7) is 0. The molecule has 26 heavy (non-hydrogen) atoms. The van der Waals surface area contributed by atoms with Crippen molar-refractivity contribution in [3.8, 4) is 11.3 Å². The van der Waals surface area contributed by atoms with Gasteiger partial charge in [-0.3, -0.25) is 9.38 Å². The number of aromatic nitrogens is 3. The van der Waals surface area contributed by atoms with Crippen LogP contribution in [-0.2, 0) is 4.74 Å². The lowest BCUT2D eigenvalue weighted by molar-refractivity contribution is 0.0601. The molecule has 1 aliphatic rings. The number of rotatable bonds is 4. The van der Waals surface area contributed by atoms with Crippen LogP contribution in [0.3, 0.4) is 0 Å². The zero-order valence-electron chi connectivity index (χ0n) is 14.8. The van der Waals surface area contributed by atoms with E-state index in [1.54, 1.807) is 24.5 Å². The second kappa shape index (κ2) is 7.15. The Labute approximate surface area is 152 Å². The first-order chi connectivity index (χ1) is 12.8. The maximum absolute atomic E-state index is 11.7. The fourth-order valence-corrected chi connectivity index (χ4v) is 3.57. The lowest BCUT2D eigenvalue weighted by Crippen LogP contribution is -2.23. The van der Waals surface area contributed by atoms with Gasteiger partial charge in [-0.25, -0.2) is 9.78 Å². The minimum Gasteiger partial charge on any atom is -0.465 e. The number of esters is 1. The third-order valence-electron chi connectivity index (χ3n) is 4.96. The summed E-state index contributed by atoms with van der Waals surface area (Å²) in [6, 6.07) is 7.83. The molecule has 0 radical (unpaired) electrons. The number of carbonyl (C=O) groups is 1. The molecule has 6 nitrogen and oxygen atoms in total. The molecule has 0 unspecified atom stereocenters. The number of imidazole rings is 1. The number of hydrogen-bond donors (Lipinski definition) is 1. The monoisotopic (exact) mass is 350 g/mol. The molecule has 2 heterocycles. The standard InChI is InChI=1S/C20H22N4O2/c1-26-20(25)15-9-7-14(8-10-15)18-19(22-16-5-3-2-4-6-16)24-12-11-21-13-17(24)23-18/h7-13,16,22H,2-6H2,1H3. The summed E-state index contributed by atoms with van der Waals surface area (Å²) in [5.74, 6) is 0.649. The maximum atomic E-state index is 11.7. The van der Waals surface area contributed by atoms with Crippen LogP contribution in [0.2, 0.25) is 0 Å². The predicted octanol–water partition coefficient (Wildman–Crippen LogP) is 3.93. The van der Waals surface area contributed by atoms with Crippen molar-refractivity contribution in [3.63, 3.8) is 0 Å². The smallest absolute Gasteiger partial charge is 0.337 e. The van der Waals surface area contributed by atoms with E-state index in [2.05, 4.69) is 10.3 Å². The van der Waals surface area contributed by atoms with Crippen molar-refractivity contribution in [1.29, 1.82) is 0 Å². The first-order valence-electron chi connectivity index (χ1n) is 9.03. The first-order valence-corrected chi connectivity index (χ1v) is 9.03. The van der Waals surface area contributed by atoms with E-state index in [9.17, 15) is 4.79 Å². The van der Waals surface area contributed by atoms with Gasteiger partial charge in [0.25, 0.3) is 0 Å². The Balaban J connectivity index is 1.73. The van der Waals surface area contributed by atoms with E-state index >= 15 is 0 Å². The van der Waals surface area contributed by atoms with Crippen LogP contribution in [-0.4, -0.2) is 33.5 Å². The molecule has 1 aliphatic carbocycles. The second-order valence-electron chi connectivity index (χ2n) is 6.66. The van der Waals surface area contributed by atoms with Crippen LogP contribution < -0.4 is 5.32 Å². The van der Waals surface area contributed by atoms with Gasteiger partial charge >= 0.3 is 5.97 Å². The zero-order chi connectivity index (χ0) is 17.9. The van der Waals surface area contributed by atoms with E-state index < -0.39 is 0 Å². The molecule has 1 aromatic carbocycles. The number of fused-ring (bicyclic) bond motifs is 1. The van der Waals surface area contributed by atoms with Crippen molar-refractivity contribution in [3.05, 3.63) is 48.4 Å². The average Bonchev–Trinajstić information content (AvgIpc) is 3.07. The summed E-state index contributed by atoms with van der Waals surface area (Å²) in [5.41, 5.74) is 3.17. The number of hydrogen-bond acceptors (Lipinski definition) is 5. The minimum absolute atomic E-state index is 0.337. The topological polar surface area (TPSA) is 68.5 Å². The molecule has 4 rings (SSSR count). The Morgan fingerprint density at radius 2 is 1.96 bits per heavy atom. The van der Waals surface area contributed by atoms with Crippen molar-refractivity contribution in [2.45, 2.75) is 38.1 Å². The molecule has 1 fully saturated rings. The van der Waals surface area contributed by atoms with Gasteiger partial charge in [0.2, 0.25) is 0 Å². The summed E-state index contributed by atoms with van der Waals surface area (Å²) >= 11 is 0. The van der Waals surface area contributed by atoms with E-state index in [0.29, 0.717) is 11.6 Å². The Bertz CT molecular complexity index is 911. The second-order valence-corrected chi connectivity index (χ2v) is 6.66. The highest BCUT2D eigenvalue weighted by molar-refractivity contribution is 5.90. The molecule has 0 amide bonds. The van der Waals surface area contributed by atoms with Crippen molar-refractivity contribution in [2.75, 3.05) is 12.4 Å². The molecular formula is C20H22N4O2. The number of nitrogens with zero attached hydrogens (tertiary/aromatic N) is 3. The molecule has 1 saturated carbocycles. The van der Waals surface area contributed by atoms with Crippen molar-refractivity contribution >= 4 is 17.4 Å². The van der Waals surface area contributed by atoms with Gasteiger partial charge in [0.05, 0.1) is 18.9 Å². The van der Waals surface area contributed by atoms with E-state index in [0.717, 1.165) is 22.7 Å². The average molecular weight is 350 g/mol. The highest BCUT2D eigenvalue weighted by Crippen LogP contribution is 2.31. The molecule has 0 bridgehead atoms. The molecule has 1 N–H and O–H groups in total. The largest absolute Gasteiger partial charge is 0.465 e. The fraction of sp³-hybridized carbons (Fsp3) is 0.350. The van der Waals surface area contributed by atoms with Crippen LogP contribution >= 0.6 is 0 Å². The summed E-state index contributed by atoms with van der Waals surface area (Å²) in [6.07, 6.45) is 11.7. The van der Waals surface area contributed by atoms with Gasteiger partial charge in [0.15, 0.2) is 5.65 Å². The Kier molecular flexibility index (Phi) is 4.56. The number of methoxy groups -OCH3 is 1. The number of benzene rings is 1. The predicted molar refractivity (Wildman–Crippen MR) is 100 cm³/mol. The number of carbonyl (C=O) groups excluding carboxylic acids is 1. The van der Waals surface area contributed by atoms with Crippen LogP contribution in [0.25, 0.3) is 16.9 Å². The molecule has 0 spiro atoms. The number of ether oxygens (including phenoxy) is 1. The Morgan fingerprint density at radius 1 is 1.19 bits per heavy atom. The molecule has 2 aromatic heterocycles. The lowest BCUT2D eigenvalue weighted by Gasteiger charge is -2.24. The molecule has 0 saturated heterocycles. The van der Waals surface area contributed by atoms with Crippen LogP contribution in [0.5, 0.6) is 0 Å². The molecule has 0 atom stereocenters. The summed E-state index contributed by atoms with van der Waals surface area (Å²) in [5, 5.41) is 3.70. The van der Waals surface area contributed by atoms with E-state index in [-0.39, 0.29) is 5.97 Å². The molecule has 3 aromatic rings. The van der Waals surface area contributed by atoms with E-state index in [4.69, 9.17) is 9.72 Å². The van der Waals surface area contributed by atoms with Crippen molar-refractivity contribution in [1.82, 2.24) is 14.4 Å². The van der Waals surface area contributed by atoms with Crippen LogP contribution in [0.4, 0.5) is 5.82 Å². The minimum atomic E-state index is -0.337. The Morgan fingerprint density at radius 3 is 2.69 bits per heavy atom. The summed E-state index contributed by atoms with van der Waals surface area (Å²) in [7, 11) is 1.39. The van der Waals surface area contributed by atoms with Gasteiger partial charge in [0.1, 0.15) is 11.5 Å². The third kappa shape index (κ3) is 3.14. The van der Waals surface area contributed by atoms with Gasteiger partial charge < -0.3 is 10.1 Å². The maximum Gasteiger partial charge on any atom is 0.337 e. The zero-order valence-corrected chi connectivity index (χ0v) is 14.8. The van der Waals surface area contributed by atoms with Gasteiger partial charge in [-0.1, -0.05) is 31.4 Å². The fourth-order valence-electron chi connectivity index (χ4n) is 3.57. The quantitative estimate of drug-likeness (QED) is 0.722. The van der Waals surface area contributed by atoms with Gasteiger partial charge in [-0.15, -0.1) is 0 Å². The number of anilines is 1. The highest BCUT2D eigenvalue weighted by atomic mass is 16.5. The molecule has 0 aliphatic heterocycles.